The maximum Gasteiger partial charge on any atom is 0.233 e. The number of aromatic nitrogens is 2. The molecule has 0 saturated heterocycles. The van der Waals surface area contributed by atoms with E-state index >= 15 is 0 Å². The third-order valence-corrected chi connectivity index (χ3v) is 6.81. The Bertz CT molecular complexity index is 1840. The van der Waals surface area contributed by atoms with Gasteiger partial charge in [-0.15, -0.1) is 0 Å². The van der Waals surface area contributed by atoms with E-state index in [-0.39, 0.29) is 16.5 Å². The molecule has 6 aromatic rings. The Labute approximate surface area is 270 Å². The fraction of sp³-hybridized carbons (Fsp3) is 0. The average molecular weight is 633 g/mol. The second kappa shape index (κ2) is 15.7. The van der Waals surface area contributed by atoms with Crippen molar-refractivity contribution < 1.29 is 35.7 Å². The van der Waals surface area contributed by atoms with Crippen LogP contribution in [0.1, 0.15) is 31.8 Å². The molecule has 2 heterocycles. The molecule has 0 N–H and O–H groups in total. The number of carbonyl (C=O) groups is 4. The number of nitrogens with zero attached hydrogens (tertiary/aromatic N) is 2. The van der Waals surface area contributed by atoms with Crippen LogP contribution in [0.4, 0.5) is 0 Å². The SMILES string of the molecule is O=C1C=Cc2c(ccc3ccccc23)C1=O.O=C1C=Cc2c(ccc3ccccc23)C1=O.[Ni].c1ccncc1.c1ccncc1. The van der Waals surface area contributed by atoms with Gasteiger partial charge < -0.3 is 0 Å². The number of carbonyl (C=O) groups excluding carboxylic acids is 4. The molecule has 2 aliphatic rings. The quantitative estimate of drug-likeness (QED) is 0.128. The zero-order valence-corrected chi connectivity index (χ0v) is 24.8. The number of rotatable bonds is 0. The summed E-state index contributed by atoms with van der Waals surface area (Å²) in [6.07, 6.45) is 13.1. The number of ketones is 4. The van der Waals surface area contributed by atoms with Crippen molar-refractivity contribution in [2.24, 2.45) is 0 Å². The summed E-state index contributed by atoms with van der Waals surface area (Å²) in [5, 5.41) is 4.18. The second-order valence-corrected chi connectivity index (χ2v) is 9.60. The van der Waals surface area contributed by atoms with E-state index in [0.29, 0.717) is 11.1 Å². The van der Waals surface area contributed by atoms with Gasteiger partial charge >= 0.3 is 0 Å². The summed E-state index contributed by atoms with van der Waals surface area (Å²) in [5.41, 5.74) is 2.71. The molecule has 0 bridgehead atoms. The summed E-state index contributed by atoms with van der Waals surface area (Å²) in [4.78, 5) is 53.4. The first-order valence-corrected chi connectivity index (χ1v) is 13.8. The topological polar surface area (TPSA) is 94.1 Å². The molecule has 0 amide bonds. The molecular formula is C38H26N2NiO4. The molecule has 0 radical (unpaired) electrons. The molecule has 2 aromatic heterocycles. The van der Waals surface area contributed by atoms with Crippen LogP contribution in [0.25, 0.3) is 33.7 Å². The molecule has 0 spiro atoms. The predicted octanol–water partition coefficient (Wildman–Crippen LogP) is 7.40. The number of allylic oxidation sites excluding steroid dienone is 2. The molecule has 45 heavy (non-hydrogen) atoms. The van der Waals surface area contributed by atoms with E-state index in [1.165, 1.54) is 12.2 Å². The van der Waals surface area contributed by atoms with Gasteiger partial charge in [-0.25, -0.2) is 0 Å². The fourth-order valence-corrected chi connectivity index (χ4v) is 4.71. The first-order chi connectivity index (χ1) is 21.5. The predicted molar refractivity (Wildman–Crippen MR) is 173 cm³/mol. The van der Waals surface area contributed by atoms with Crippen LogP contribution in [0.15, 0.2) is 146 Å². The minimum Gasteiger partial charge on any atom is -0.286 e. The second-order valence-electron chi connectivity index (χ2n) is 9.60. The number of fused-ring (bicyclic) bond motifs is 6. The normalized spacial score (nSPS) is 12.3. The molecule has 0 saturated carbocycles. The van der Waals surface area contributed by atoms with Gasteiger partial charge in [0.15, 0.2) is 0 Å². The van der Waals surface area contributed by atoms with Crippen molar-refractivity contribution in [2.75, 3.05) is 0 Å². The van der Waals surface area contributed by atoms with Crippen LogP contribution in [0.5, 0.6) is 0 Å². The molecule has 6 nitrogen and oxygen atoms in total. The summed E-state index contributed by atoms with van der Waals surface area (Å²) in [6, 6.07) is 34.3. The van der Waals surface area contributed by atoms with Crippen LogP contribution >= 0.6 is 0 Å². The third-order valence-electron chi connectivity index (χ3n) is 6.81. The Hall–Kier alpha value is -5.65. The van der Waals surface area contributed by atoms with E-state index in [9.17, 15) is 19.2 Å². The molecule has 7 heteroatoms. The Kier molecular flexibility index (Phi) is 11.3. The van der Waals surface area contributed by atoms with Gasteiger partial charge in [0.05, 0.1) is 0 Å². The van der Waals surface area contributed by atoms with Crippen LogP contribution in [0.2, 0.25) is 0 Å². The van der Waals surface area contributed by atoms with Crippen molar-refractivity contribution in [2.45, 2.75) is 0 Å². The van der Waals surface area contributed by atoms with E-state index in [4.69, 9.17) is 0 Å². The Morgan fingerprint density at radius 2 is 0.756 bits per heavy atom. The maximum atomic E-state index is 11.7. The summed E-state index contributed by atoms with van der Waals surface area (Å²) >= 11 is 0. The summed E-state index contributed by atoms with van der Waals surface area (Å²) in [5.74, 6) is -1.71. The van der Waals surface area contributed by atoms with Gasteiger partial charge in [-0.1, -0.05) is 72.8 Å². The summed E-state index contributed by atoms with van der Waals surface area (Å²) < 4.78 is 0. The smallest absolute Gasteiger partial charge is 0.233 e. The monoisotopic (exact) mass is 632 g/mol. The zero-order chi connectivity index (χ0) is 30.7. The molecule has 8 rings (SSSR count). The molecular weight excluding hydrogens is 607 g/mol. The van der Waals surface area contributed by atoms with Gasteiger partial charge in [-0.05, 0) is 93.4 Å². The van der Waals surface area contributed by atoms with Crippen molar-refractivity contribution in [1.82, 2.24) is 9.97 Å². The van der Waals surface area contributed by atoms with E-state index < -0.39 is 23.1 Å². The average Bonchev–Trinajstić information content (AvgIpc) is 3.10. The number of Topliss-reactive ketones (excluding diaryl/α,β-unsaturated/α-hetero) is 2. The Morgan fingerprint density at radius 1 is 0.378 bits per heavy atom. The van der Waals surface area contributed by atoms with Gasteiger partial charge in [0.2, 0.25) is 23.1 Å². The molecule has 4 aromatic carbocycles. The van der Waals surface area contributed by atoms with Crippen LogP contribution in [-0.2, 0) is 26.1 Å². The van der Waals surface area contributed by atoms with Gasteiger partial charge in [-0.3, -0.25) is 29.1 Å². The van der Waals surface area contributed by atoms with Crippen LogP contribution in [0.3, 0.4) is 0 Å². The van der Waals surface area contributed by atoms with Crippen molar-refractivity contribution in [3.05, 3.63) is 168 Å². The molecule has 2 aliphatic carbocycles. The minimum atomic E-state index is -0.442. The van der Waals surface area contributed by atoms with Crippen LogP contribution in [0, 0.1) is 0 Å². The van der Waals surface area contributed by atoms with Crippen molar-refractivity contribution >= 4 is 56.8 Å². The van der Waals surface area contributed by atoms with E-state index in [1.807, 2.05) is 97.1 Å². The fourth-order valence-electron chi connectivity index (χ4n) is 4.71. The molecule has 0 aliphatic heterocycles. The Morgan fingerprint density at radius 3 is 1.09 bits per heavy atom. The van der Waals surface area contributed by atoms with E-state index in [0.717, 1.165) is 32.7 Å². The zero-order valence-electron chi connectivity index (χ0n) is 23.9. The number of benzene rings is 4. The number of pyridine rings is 2. The largest absolute Gasteiger partial charge is 0.286 e. The van der Waals surface area contributed by atoms with Gasteiger partial charge in [0, 0.05) is 52.4 Å². The third kappa shape index (κ3) is 7.85. The summed E-state index contributed by atoms with van der Waals surface area (Å²) in [7, 11) is 0. The van der Waals surface area contributed by atoms with Crippen molar-refractivity contribution in [3.8, 4) is 0 Å². The molecule has 0 atom stereocenters. The Balaban J connectivity index is 0.000000149. The molecule has 222 valence electrons. The van der Waals surface area contributed by atoms with Crippen molar-refractivity contribution in [1.29, 1.82) is 0 Å². The first-order valence-electron chi connectivity index (χ1n) is 13.8. The van der Waals surface area contributed by atoms with Crippen molar-refractivity contribution in [3.63, 3.8) is 0 Å². The van der Waals surface area contributed by atoms with E-state index in [1.54, 1.807) is 49.1 Å². The van der Waals surface area contributed by atoms with Crippen LogP contribution < -0.4 is 0 Å². The van der Waals surface area contributed by atoms with Crippen LogP contribution in [-0.4, -0.2) is 33.1 Å². The minimum absolute atomic E-state index is 0. The van der Waals surface area contributed by atoms with Gasteiger partial charge in [-0.2, -0.15) is 0 Å². The summed E-state index contributed by atoms with van der Waals surface area (Å²) in [6.45, 7) is 0. The number of hydrogen-bond donors (Lipinski definition) is 0. The maximum absolute atomic E-state index is 11.7. The number of hydrogen-bond acceptors (Lipinski definition) is 6. The van der Waals surface area contributed by atoms with E-state index in [2.05, 4.69) is 9.97 Å². The standard InChI is InChI=1S/2C14H8O2.2C5H5N.Ni/c2*15-13-8-7-11-10-4-2-1-3-9(10)5-6-12(11)14(13)16;2*1-2-4-6-5-3-1;/h2*1-8H;2*1-5H;. The first kappa shape index (κ1) is 32.3. The van der Waals surface area contributed by atoms with Gasteiger partial charge in [0.1, 0.15) is 0 Å². The molecule has 0 unspecified atom stereocenters. The van der Waals surface area contributed by atoms with Gasteiger partial charge in [0.25, 0.3) is 0 Å². The molecule has 0 fully saturated rings.